The molecule has 0 aliphatic rings. The molecule has 162 valence electrons. The van der Waals surface area contributed by atoms with Gasteiger partial charge >= 0.3 is 0 Å². The van der Waals surface area contributed by atoms with E-state index in [1.54, 1.807) is 12.4 Å². The highest BCUT2D eigenvalue weighted by atomic mass is 16.5. The topological polar surface area (TPSA) is 64.7 Å². The second-order valence-corrected chi connectivity index (χ2v) is 8.37. The average molecular weight is 433 g/mol. The number of pyridine rings is 2. The number of benzene rings is 2. The average Bonchev–Trinajstić information content (AvgIpc) is 3.28. The lowest BCUT2D eigenvalue weighted by molar-refractivity contribution is 0.403. The third kappa shape index (κ3) is 4.30. The van der Waals surface area contributed by atoms with Gasteiger partial charge < -0.3 is 4.52 Å². The van der Waals surface area contributed by atoms with Crippen molar-refractivity contribution in [3.63, 3.8) is 0 Å². The number of nitrogens with zero attached hydrogens (tertiary/aromatic N) is 4. The summed E-state index contributed by atoms with van der Waals surface area (Å²) >= 11 is 0. The van der Waals surface area contributed by atoms with Crippen LogP contribution >= 0.6 is 0 Å². The summed E-state index contributed by atoms with van der Waals surface area (Å²) in [7, 11) is 0. The van der Waals surface area contributed by atoms with Gasteiger partial charge in [0.1, 0.15) is 0 Å². The van der Waals surface area contributed by atoms with Crippen LogP contribution in [0.3, 0.4) is 0 Å². The van der Waals surface area contributed by atoms with E-state index in [9.17, 15) is 0 Å². The molecule has 0 N–H and O–H groups in total. The Bertz CT molecular complexity index is 1450. The number of fused-ring (bicyclic) bond motifs is 1. The van der Waals surface area contributed by atoms with Crippen molar-refractivity contribution < 1.29 is 4.52 Å². The summed E-state index contributed by atoms with van der Waals surface area (Å²) in [6, 6.07) is 20.9. The first kappa shape index (κ1) is 20.8. The maximum absolute atomic E-state index is 5.50. The third-order valence-electron chi connectivity index (χ3n) is 5.63. The van der Waals surface area contributed by atoms with Crippen molar-refractivity contribution in [1.29, 1.82) is 0 Å². The van der Waals surface area contributed by atoms with E-state index in [4.69, 9.17) is 4.52 Å². The first-order valence-electron chi connectivity index (χ1n) is 11.0. The summed E-state index contributed by atoms with van der Waals surface area (Å²) < 4.78 is 5.50. The summed E-state index contributed by atoms with van der Waals surface area (Å²) in [5, 5.41) is 5.12. The van der Waals surface area contributed by atoms with Crippen molar-refractivity contribution in [1.82, 2.24) is 20.1 Å². The van der Waals surface area contributed by atoms with Gasteiger partial charge in [-0.3, -0.25) is 9.97 Å². The van der Waals surface area contributed by atoms with Crippen LogP contribution < -0.4 is 0 Å². The van der Waals surface area contributed by atoms with Crippen LogP contribution in [-0.4, -0.2) is 20.1 Å². The highest BCUT2D eigenvalue weighted by molar-refractivity contribution is 5.95. The van der Waals surface area contributed by atoms with Gasteiger partial charge in [0.15, 0.2) is 5.82 Å². The number of aryl methyl sites for hydroxylation is 1. The smallest absolute Gasteiger partial charge is 0.258 e. The van der Waals surface area contributed by atoms with Gasteiger partial charge in [0.2, 0.25) is 0 Å². The number of rotatable bonds is 5. The first-order chi connectivity index (χ1) is 16.1. The molecule has 0 spiro atoms. The Hall–Kier alpha value is -4.12. The van der Waals surface area contributed by atoms with E-state index in [1.165, 1.54) is 5.56 Å². The van der Waals surface area contributed by atoms with Crippen LogP contribution in [0.1, 0.15) is 48.2 Å². The van der Waals surface area contributed by atoms with Crippen molar-refractivity contribution >= 4 is 22.6 Å². The molecule has 3 aromatic heterocycles. The standard InChI is InChI=1S/C28H24N4O/c1-18(2)24-15-22-9-6-12-30-27(22)25(16-24)21-8-4-7-20(13-21)14-26(23-10-5-11-29-17-23)28-31-19(3)32-33-28/h4-18H,1-3H3/b26-14-. The number of hydrogen-bond donors (Lipinski definition) is 0. The third-order valence-corrected chi connectivity index (χ3v) is 5.63. The second kappa shape index (κ2) is 8.79. The Morgan fingerprint density at radius 1 is 0.970 bits per heavy atom. The van der Waals surface area contributed by atoms with E-state index in [1.807, 2.05) is 31.3 Å². The molecule has 5 rings (SSSR count). The van der Waals surface area contributed by atoms with Gasteiger partial charge in [0.25, 0.3) is 5.89 Å². The van der Waals surface area contributed by atoms with Gasteiger partial charge in [-0.1, -0.05) is 49.3 Å². The molecule has 5 nitrogen and oxygen atoms in total. The zero-order valence-electron chi connectivity index (χ0n) is 18.9. The van der Waals surface area contributed by atoms with Gasteiger partial charge in [-0.2, -0.15) is 4.98 Å². The van der Waals surface area contributed by atoms with E-state index in [2.05, 4.69) is 82.5 Å². The molecule has 0 amide bonds. The second-order valence-electron chi connectivity index (χ2n) is 8.37. The minimum atomic E-state index is 0.425. The molecular formula is C28H24N4O. The predicted molar refractivity (Wildman–Crippen MR) is 132 cm³/mol. The molecule has 0 unspecified atom stereocenters. The van der Waals surface area contributed by atoms with Gasteiger partial charge in [-0.15, -0.1) is 0 Å². The highest BCUT2D eigenvalue weighted by Crippen LogP contribution is 2.33. The Kier molecular flexibility index (Phi) is 5.53. The largest absolute Gasteiger partial charge is 0.334 e. The zero-order chi connectivity index (χ0) is 22.8. The van der Waals surface area contributed by atoms with Crippen LogP contribution in [0.15, 0.2) is 83.8 Å². The van der Waals surface area contributed by atoms with Gasteiger partial charge in [-0.25, -0.2) is 0 Å². The molecule has 0 aliphatic heterocycles. The molecule has 5 heteroatoms. The molecule has 0 aliphatic carbocycles. The predicted octanol–water partition coefficient (Wildman–Crippen LogP) is 6.70. The number of hydrogen-bond acceptors (Lipinski definition) is 5. The molecular weight excluding hydrogens is 408 g/mol. The molecule has 0 bridgehead atoms. The van der Waals surface area contributed by atoms with E-state index in [0.717, 1.165) is 38.7 Å². The first-order valence-corrected chi connectivity index (χ1v) is 11.0. The molecule has 2 aromatic carbocycles. The van der Waals surface area contributed by atoms with Crippen molar-refractivity contribution in [2.24, 2.45) is 0 Å². The molecule has 5 aromatic rings. The van der Waals surface area contributed by atoms with Crippen molar-refractivity contribution in [2.45, 2.75) is 26.7 Å². The molecule has 0 saturated carbocycles. The van der Waals surface area contributed by atoms with Crippen LogP contribution in [-0.2, 0) is 0 Å². The molecule has 0 radical (unpaired) electrons. The van der Waals surface area contributed by atoms with Gasteiger partial charge in [-0.05, 0) is 65.9 Å². The molecule has 0 atom stereocenters. The fourth-order valence-electron chi connectivity index (χ4n) is 3.93. The Morgan fingerprint density at radius 3 is 2.61 bits per heavy atom. The van der Waals surface area contributed by atoms with E-state index < -0.39 is 0 Å². The monoisotopic (exact) mass is 432 g/mol. The van der Waals surface area contributed by atoms with Gasteiger partial charge in [0.05, 0.1) is 5.52 Å². The highest BCUT2D eigenvalue weighted by Gasteiger charge is 2.14. The summed E-state index contributed by atoms with van der Waals surface area (Å²) in [5.74, 6) is 1.49. The van der Waals surface area contributed by atoms with Crippen LogP contribution in [0.4, 0.5) is 0 Å². The Morgan fingerprint density at radius 2 is 1.85 bits per heavy atom. The zero-order valence-corrected chi connectivity index (χ0v) is 18.9. The van der Waals surface area contributed by atoms with Crippen LogP contribution in [0.5, 0.6) is 0 Å². The quantitative estimate of drug-likeness (QED) is 0.309. The molecule has 3 heterocycles. The van der Waals surface area contributed by atoms with E-state index in [0.29, 0.717) is 17.6 Å². The van der Waals surface area contributed by atoms with Crippen LogP contribution in [0.2, 0.25) is 0 Å². The summed E-state index contributed by atoms with van der Waals surface area (Å²) in [6.45, 7) is 6.24. The lowest BCUT2D eigenvalue weighted by Gasteiger charge is -2.13. The maximum Gasteiger partial charge on any atom is 0.258 e. The van der Waals surface area contributed by atoms with Crippen LogP contribution in [0.25, 0.3) is 33.7 Å². The fourth-order valence-corrected chi connectivity index (χ4v) is 3.93. The van der Waals surface area contributed by atoms with E-state index >= 15 is 0 Å². The lowest BCUT2D eigenvalue weighted by Crippen LogP contribution is -1.93. The summed E-state index contributed by atoms with van der Waals surface area (Å²) in [4.78, 5) is 13.4. The van der Waals surface area contributed by atoms with Gasteiger partial charge in [0, 0.05) is 40.7 Å². The SMILES string of the molecule is Cc1noc(/C(=C\c2cccc(-c3cc(C(C)C)cc4cccnc34)c2)c2cccnc2)n1. The van der Waals surface area contributed by atoms with Crippen molar-refractivity contribution in [3.05, 3.63) is 108 Å². The number of aromatic nitrogens is 4. The van der Waals surface area contributed by atoms with Crippen molar-refractivity contribution in [3.8, 4) is 11.1 Å². The lowest BCUT2D eigenvalue weighted by atomic mass is 9.93. The van der Waals surface area contributed by atoms with Crippen LogP contribution in [0, 0.1) is 6.92 Å². The summed E-state index contributed by atoms with van der Waals surface area (Å²) in [5.41, 5.74) is 7.32. The Labute approximate surface area is 192 Å². The molecule has 0 fully saturated rings. The van der Waals surface area contributed by atoms with Crippen molar-refractivity contribution in [2.75, 3.05) is 0 Å². The van der Waals surface area contributed by atoms with E-state index in [-0.39, 0.29) is 0 Å². The minimum absolute atomic E-state index is 0.425. The Balaban J connectivity index is 1.66. The molecule has 33 heavy (non-hydrogen) atoms. The summed E-state index contributed by atoms with van der Waals surface area (Å²) in [6.07, 6.45) is 7.47. The minimum Gasteiger partial charge on any atom is -0.334 e. The maximum atomic E-state index is 5.50. The normalized spacial score (nSPS) is 11.9. The molecule has 0 saturated heterocycles. The fraction of sp³-hybridized carbons (Fsp3) is 0.143.